The van der Waals surface area contributed by atoms with Crippen LogP contribution in [0.4, 0.5) is 0 Å². The van der Waals surface area contributed by atoms with E-state index in [4.69, 9.17) is 5.11 Å². The first-order chi connectivity index (χ1) is 4.54. The summed E-state index contributed by atoms with van der Waals surface area (Å²) in [6.07, 6.45) is 0.590. The van der Waals surface area contributed by atoms with Crippen molar-refractivity contribution in [3.63, 3.8) is 0 Å². The van der Waals surface area contributed by atoms with Gasteiger partial charge in [0.15, 0.2) is 0 Å². The van der Waals surface area contributed by atoms with E-state index in [2.05, 4.69) is 0 Å². The average molecular weight is 190 g/mol. The third kappa shape index (κ3) is 18.3. The Bertz CT molecular complexity index is 100. The molecule has 0 amide bonds. The topological polar surface area (TPSA) is 60.4 Å². The van der Waals surface area contributed by atoms with Crippen LogP contribution < -0.4 is 34.5 Å². The van der Waals surface area contributed by atoms with E-state index >= 15 is 0 Å². The Morgan fingerprint density at radius 1 is 1.27 bits per heavy atom. The van der Waals surface area contributed by atoms with Crippen LogP contribution in [0.5, 0.6) is 0 Å². The van der Waals surface area contributed by atoms with Crippen molar-refractivity contribution in [2.45, 2.75) is 20.8 Å². The van der Waals surface area contributed by atoms with Crippen molar-refractivity contribution < 1.29 is 44.1 Å². The molecule has 0 radical (unpaired) electrons. The molecule has 0 atom stereocenters. The molecule has 0 aliphatic carbocycles. The second-order valence-electron chi connectivity index (χ2n) is 1.76. The fraction of sp³-hybridized carbons (Fsp3) is 1.00. The van der Waals surface area contributed by atoms with Gasteiger partial charge in [0.05, 0.1) is 0 Å². The molecule has 0 rings (SSSR count). The van der Waals surface area contributed by atoms with Gasteiger partial charge < -0.3 is 14.6 Å². The molecule has 0 saturated carbocycles. The number of rotatable bonds is 2. The van der Waals surface area contributed by atoms with Crippen LogP contribution in [0, 0.1) is 0 Å². The Balaban J connectivity index is -0.000000140. The van der Waals surface area contributed by atoms with Gasteiger partial charge in [-0.2, -0.15) is 0 Å². The molecule has 0 aromatic carbocycles. The maximum atomic E-state index is 10.4. The van der Waals surface area contributed by atoms with Gasteiger partial charge >= 0.3 is 29.6 Å². The van der Waals surface area contributed by atoms with Crippen molar-refractivity contribution in [2.24, 2.45) is 0 Å². The van der Waals surface area contributed by atoms with Gasteiger partial charge in [-0.05, 0) is 19.2 Å². The van der Waals surface area contributed by atoms with Crippen molar-refractivity contribution in [3.8, 4) is 0 Å². The van der Waals surface area contributed by atoms with Crippen LogP contribution in [0.25, 0.3) is 0 Å². The van der Waals surface area contributed by atoms with Gasteiger partial charge in [-0.15, -0.1) is 0 Å². The zero-order valence-corrected chi connectivity index (χ0v) is 10.7. The van der Waals surface area contributed by atoms with Crippen LogP contribution in [-0.4, -0.2) is 24.0 Å². The molecular formula is C6H16NaO3P. The fourth-order valence-electron chi connectivity index (χ4n) is 0.224. The third-order valence-corrected chi connectivity index (χ3v) is 2.89. The molecule has 0 fully saturated rings. The summed E-state index contributed by atoms with van der Waals surface area (Å²) in [4.78, 5) is 10.4. The van der Waals surface area contributed by atoms with Gasteiger partial charge in [0.25, 0.3) is 0 Å². The van der Waals surface area contributed by atoms with Crippen LogP contribution in [0.15, 0.2) is 0 Å². The molecule has 0 unspecified atom stereocenters. The Labute approximate surface area is 90.9 Å². The maximum absolute atomic E-state index is 10.4. The monoisotopic (exact) mass is 190 g/mol. The standard InChI is InChI=1S/C4H11O2P.C2H6O.Na/c1-3-7(5,6)4-2;1-2-3;/h3-4H2,1-2H3,(H,5,6);3H,2H2,1H3;/q;;+1/p-1. The van der Waals surface area contributed by atoms with E-state index in [9.17, 15) is 9.46 Å². The number of hydrogen-bond donors (Lipinski definition) is 1. The predicted molar refractivity (Wildman–Crippen MR) is 41.4 cm³/mol. The van der Waals surface area contributed by atoms with Crippen molar-refractivity contribution in [2.75, 3.05) is 18.9 Å². The van der Waals surface area contributed by atoms with Crippen LogP contribution in [-0.2, 0) is 4.57 Å². The van der Waals surface area contributed by atoms with Crippen LogP contribution in [0.1, 0.15) is 20.8 Å². The zero-order valence-electron chi connectivity index (χ0n) is 7.83. The summed E-state index contributed by atoms with van der Waals surface area (Å²) in [5.74, 6) is 0. The van der Waals surface area contributed by atoms with E-state index < -0.39 is 7.37 Å². The summed E-state index contributed by atoms with van der Waals surface area (Å²) >= 11 is 0. The normalized spacial score (nSPS) is 9.18. The summed E-state index contributed by atoms with van der Waals surface area (Å²) in [6, 6.07) is 0. The van der Waals surface area contributed by atoms with E-state index in [-0.39, 0.29) is 36.2 Å². The molecule has 0 saturated heterocycles. The maximum Gasteiger partial charge on any atom is 1.00 e. The molecular weight excluding hydrogens is 174 g/mol. The Morgan fingerprint density at radius 2 is 1.45 bits per heavy atom. The second kappa shape index (κ2) is 11.2. The molecule has 0 heterocycles. The average Bonchev–Trinajstić information content (AvgIpc) is 1.90. The summed E-state index contributed by atoms with van der Waals surface area (Å²) in [5.41, 5.74) is 0. The molecule has 0 bridgehead atoms. The van der Waals surface area contributed by atoms with Crippen molar-refractivity contribution in [1.82, 2.24) is 0 Å². The van der Waals surface area contributed by atoms with Crippen LogP contribution in [0.2, 0.25) is 0 Å². The SMILES string of the molecule is CCO.CCP(=O)([O-])CC.[Na+]. The molecule has 0 aromatic heterocycles. The molecule has 1 N–H and O–H groups in total. The summed E-state index contributed by atoms with van der Waals surface area (Å²) < 4.78 is 10.4. The largest absolute Gasteiger partial charge is 1.00 e. The molecule has 0 aliphatic heterocycles. The molecule has 5 heteroatoms. The number of hydrogen-bond acceptors (Lipinski definition) is 3. The minimum atomic E-state index is -2.90. The summed E-state index contributed by atoms with van der Waals surface area (Å²) in [5, 5.41) is 7.57. The molecule has 11 heavy (non-hydrogen) atoms. The first-order valence-electron chi connectivity index (χ1n) is 3.44. The minimum absolute atomic E-state index is 0. The van der Waals surface area contributed by atoms with Gasteiger partial charge in [0.1, 0.15) is 0 Å². The van der Waals surface area contributed by atoms with Crippen molar-refractivity contribution >= 4 is 7.37 Å². The molecule has 64 valence electrons. The fourth-order valence-corrected chi connectivity index (χ4v) is 0.671. The first-order valence-corrected chi connectivity index (χ1v) is 5.43. The van der Waals surface area contributed by atoms with E-state index in [1.54, 1.807) is 20.8 Å². The predicted octanol–water partition coefficient (Wildman–Crippen LogP) is -2.33. The van der Waals surface area contributed by atoms with E-state index in [1.807, 2.05) is 0 Å². The molecule has 0 aromatic rings. The van der Waals surface area contributed by atoms with E-state index in [0.29, 0.717) is 12.3 Å². The van der Waals surface area contributed by atoms with Gasteiger partial charge in [-0.25, -0.2) is 0 Å². The summed E-state index contributed by atoms with van der Waals surface area (Å²) in [7, 11) is -2.90. The van der Waals surface area contributed by atoms with Crippen molar-refractivity contribution in [1.29, 1.82) is 0 Å². The van der Waals surface area contributed by atoms with Gasteiger partial charge in [-0.3, -0.25) is 0 Å². The quantitative estimate of drug-likeness (QED) is 0.392. The molecule has 0 aliphatic rings. The molecule has 0 spiro atoms. The van der Waals surface area contributed by atoms with Crippen LogP contribution in [0.3, 0.4) is 0 Å². The molecule has 3 nitrogen and oxygen atoms in total. The van der Waals surface area contributed by atoms with Gasteiger partial charge in [0, 0.05) is 14.0 Å². The number of aliphatic hydroxyl groups excluding tert-OH is 1. The third-order valence-electron chi connectivity index (χ3n) is 0.964. The second-order valence-corrected chi connectivity index (χ2v) is 4.66. The summed E-state index contributed by atoms with van der Waals surface area (Å²) in [6.45, 7) is 5.26. The first kappa shape index (κ1) is 18.0. The van der Waals surface area contributed by atoms with Crippen LogP contribution >= 0.6 is 7.37 Å². The van der Waals surface area contributed by atoms with E-state index in [0.717, 1.165) is 0 Å². The number of aliphatic hydroxyl groups is 1. The van der Waals surface area contributed by atoms with Crippen molar-refractivity contribution in [3.05, 3.63) is 0 Å². The zero-order chi connectivity index (χ0) is 8.62. The Morgan fingerprint density at radius 3 is 1.45 bits per heavy atom. The Hall–Kier alpha value is 1.15. The van der Waals surface area contributed by atoms with Gasteiger partial charge in [-0.1, -0.05) is 13.8 Å². The smallest absolute Gasteiger partial charge is 0.799 e. The van der Waals surface area contributed by atoms with Gasteiger partial charge in [0.2, 0.25) is 0 Å². The Kier molecular flexibility index (Phi) is 18.3. The minimum Gasteiger partial charge on any atom is -0.799 e. The van der Waals surface area contributed by atoms with E-state index in [1.165, 1.54) is 0 Å².